The van der Waals surface area contributed by atoms with Crippen LogP contribution in [0.15, 0.2) is 47.0 Å². The van der Waals surface area contributed by atoms with Crippen molar-refractivity contribution in [3.8, 4) is 11.8 Å². The third kappa shape index (κ3) is 5.60. The maximum atomic E-state index is 12.4. The van der Waals surface area contributed by atoms with Crippen LogP contribution in [0.5, 0.6) is 5.75 Å². The summed E-state index contributed by atoms with van der Waals surface area (Å²) in [5.74, 6) is -0.293. The lowest BCUT2D eigenvalue weighted by Crippen LogP contribution is -2.31. The van der Waals surface area contributed by atoms with E-state index in [1.807, 2.05) is 32.0 Å². The molecule has 31 heavy (non-hydrogen) atoms. The van der Waals surface area contributed by atoms with Crippen LogP contribution in [-0.2, 0) is 9.59 Å². The van der Waals surface area contributed by atoms with E-state index >= 15 is 0 Å². The molecular formula is C23H22ClN3O3S. The van der Waals surface area contributed by atoms with Crippen LogP contribution in [0, 0.1) is 25.2 Å². The molecule has 0 radical (unpaired) electrons. The Bertz CT molecular complexity index is 1090. The van der Waals surface area contributed by atoms with Crippen LogP contribution in [0.25, 0.3) is 0 Å². The monoisotopic (exact) mass is 455 g/mol. The van der Waals surface area contributed by atoms with Gasteiger partial charge in [0.2, 0.25) is 11.8 Å². The summed E-state index contributed by atoms with van der Waals surface area (Å²) in [4.78, 5) is 24.8. The van der Waals surface area contributed by atoms with E-state index in [0.717, 1.165) is 34.1 Å². The van der Waals surface area contributed by atoms with Crippen molar-refractivity contribution in [2.45, 2.75) is 26.2 Å². The summed E-state index contributed by atoms with van der Waals surface area (Å²) in [6.07, 6.45) is 0.129. The van der Waals surface area contributed by atoms with Crippen molar-refractivity contribution in [3.63, 3.8) is 0 Å². The Labute approximate surface area is 190 Å². The number of thioether (sulfide) groups is 1. The number of carbonyl (C=O) groups excluding carboxylic acids is 2. The molecule has 2 amide bonds. The SMILES string of the molecule is COc1ccc([C@H]2CC(=O)NC(SCC(=O)Nc3cc(C)cc(C)c3)=C2C#N)cc1Cl. The van der Waals surface area contributed by atoms with E-state index in [1.54, 1.807) is 18.2 Å². The van der Waals surface area contributed by atoms with Crippen LogP contribution in [0.3, 0.4) is 0 Å². The summed E-state index contributed by atoms with van der Waals surface area (Å²) in [5.41, 5.74) is 3.98. The number of benzene rings is 2. The first-order valence-corrected chi connectivity index (χ1v) is 11.0. The Balaban J connectivity index is 1.78. The smallest absolute Gasteiger partial charge is 0.234 e. The number of anilines is 1. The normalized spacial score (nSPS) is 15.8. The van der Waals surface area contributed by atoms with E-state index in [9.17, 15) is 14.9 Å². The zero-order valence-corrected chi connectivity index (χ0v) is 19.0. The number of hydrogen-bond donors (Lipinski definition) is 2. The van der Waals surface area contributed by atoms with Gasteiger partial charge in [-0.1, -0.05) is 35.5 Å². The van der Waals surface area contributed by atoms with Gasteiger partial charge in [-0.15, -0.1) is 0 Å². The second-order valence-electron chi connectivity index (χ2n) is 7.27. The highest BCUT2D eigenvalue weighted by molar-refractivity contribution is 8.03. The van der Waals surface area contributed by atoms with Crippen LogP contribution in [0.2, 0.25) is 5.02 Å². The highest BCUT2D eigenvalue weighted by atomic mass is 35.5. The number of amides is 2. The number of ether oxygens (including phenoxy) is 1. The van der Waals surface area contributed by atoms with Crippen molar-refractivity contribution in [1.29, 1.82) is 5.26 Å². The maximum absolute atomic E-state index is 12.4. The van der Waals surface area contributed by atoms with E-state index in [-0.39, 0.29) is 24.0 Å². The second kappa shape index (κ2) is 9.90. The third-order valence-corrected chi connectivity index (χ3v) is 6.10. The number of carbonyl (C=O) groups is 2. The first kappa shape index (κ1) is 22.7. The summed E-state index contributed by atoms with van der Waals surface area (Å²) in [6.45, 7) is 3.93. The molecule has 0 aromatic heterocycles. The van der Waals surface area contributed by atoms with E-state index in [2.05, 4.69) is 16.7 Å². The molecule has 2 aromatic carbocycles. The van der Waals surface area contributed by atoms with E-state index in [4.69, 9.17) is 16.3 Å². The van der Waals surface area contributed by atoms with Crippen molar-refractivity contribution in [3.05, 3.63) is 68.7 Å². The lowest BCUT2D eigenvalue weighted by Gasteiger charge is -2.25. The number of hydrogen-bond acceptors (Lipinski definition) is 5. The number of rotatable bonds is 6. The predicted molar refractivity (Wildman–Crippen MR) is 123 cm³/mol. The number of halogens is 1. The van der Waals surface area contributed by atoms with Crippen molar-refractivity contribution in [2.24, 2.45) is 0 Å². The van der Waals surface area contributed by atoms with Gasteiger partial charge in [0, 0.05) is 18.0 Å². The summed E-state index contributed by atoms with van der Waals surface area (Å²) in [7, 11) is 1.52. The first-order valence-electron chi connectivity index (χ1n) is 9.59. The lowest BCUT2D eigenvalue weighted by molar-refractivity contribution is -0.121. The molecule has 1 atom stereocenters. The number of aryl methyl sites for hydroxylation is 2. The first-order chi connectivity index (χ1) is 14.8. The van der Waals surface area contributed by atoms with Gasteiger partial charge in [0.25, 0.3) is 0 Å². The maximum Gasteiger partial charge on any atom is 0.234 e. The molecule has 1 aliphatic heterocycles. The molecule has 2 aromatic rings. The molecule has 3 rings (SSSR count). The standard InChI is InChI=1S/C23H22ClN3O3S/c1-13-6-14(2)8-16(7-13)26-22(29)12-31-23-18(11-25)17(10-21(28)27-23)15-4-5-20(30-3)19(24)9-15/h4-9,17H,10,12H2,1-3H3,(H,26,29)(H,27,28)/t17-/m1/s1. The van der Waals surface area contributed by atoms with E-state index in [0.29, 0.717) is 21.4 Å². The second-order valence-corrected chi connectivity index (χ2v) is 8.66. The Hall–Kier alpha value is -2.95. The van der Waals surface area contributed by atoms with Crippen LogP contribution in [0.1, 0.15) is 29.0 Å². The molecule has 0 fully saturated rings. The predicted octanol–water partition coefficient (Wildman–Crippen LogP) is 4.68. The topological polar surface area (TPSA) is 91.2 Å². The highest BCUT2D eigenvalue weighted by Gasteiger charge is 2.30. The van der Waals surface area contributed by atoms with Gasteiger partial charge in [-0.2, -0.15) is 5.26 Å². The molecule has 0 aliphatic carbocycles. The molecule has 160 valence electrons. The number of nitriles is 1. The summed E-state index contributed by atoms with van der Waals surface area (Å²) in [6, 6.07) is 13.2. The van der Waals surface area contributed by atoms with Gasteiger partial charge in [0.15, 0.2) is 0 Å². The molecule has 0 saturated carbocycles. The van der Waals surface area contributed by atoms with Gasteiger partial charge >= 0.3 is 0 Å². The summed E-state index contributed by atoms with van der Waals surface area (Å²) < 4.78 is 5.17. The largest absolute Gasteiger partial charge is 0.495 e. The third-order valence-electron chi connectivity index (χ3n) is 4.79. The molecule has 0 unspecified atom stereocenters. The quantitative estimate of drug-likeness (QED) is 0.660. The van der Waals surface area contributed by atoms with Gasteiger partial charge in [-0.25, -0.2) is 0 Å². The van der Waals surface area contributed by atoms with E-state index in [1.165, 1.54) is 7.11 Å². The molecule has 6 nitrogen and oxygen atoms in total. The van der Waals surface area contributed by atoms with Gasteiger partial charge in [0.1, 0.15) is 5.75 Å². The van der Waals surface area contributed by atoms with Crippen molar-refractivity contribution in [1.82, 2.24) is 5.32 Å². The number of allylic oxidation sites excluding steroid dienone is 1. The zero-order valence-electron chi connectivity index (χ0n) is 17.4. The highest BCUT2D eigenvalue weighted by Crippen LogP contribution is 2.38. The van der Waals surface area contributed by atoms with Crippen molar-refractivity contribution >= 4 is 40.9 Å². The van der Waals surface area contributed by atoms with Gasteiger partial charge in [0.05, 0.1) is 34.6 Å². The summed E-state index contributed by atoms with van der Waals surface area (Å²) >= 11 is 7.37. The Morgan fingerprint density at radius 3 is 2.61 bits per heavy atom. The fraction of sp³-hybridized carbons (Fsp3) is 0.261. The molecule has 1 heterocycles. The number of nitrogens with zero attached hydrogens (tertiary/aromatic N) is 1. The van der Waals surface area contributed by atoms with Crippen molar-refractivity contribution < 1.29 is 14.3 Å². The molecule has 2 N–H and O–H groups in total. The molecular weight excluding hydrogens is 434 g/mol. The zero-order chi connectivity index (χ0) is 22.5. The Morgan fingerprint density at radius 1 is 1.29 bits per heavy atom. The average Bonchev–Trinajstić information content (AvgIpc) is 2.71. The van der Waals surface area contributed by atoms with Gasteiger partial charge < -0.3 is 15.4 Å². The Kier molecular flexibility index (Phi) is 7.26. The molecule has 8 heteroatoms. The fourth-order valence-corrected chi connectivity index (χ4v) is 4.64. The lowest BCUT2D eigenvalue weighted by atomic mass is 9.87. The van der Waals surface area contributed by atoms with Crippen molar-refractivity contribution in [2.75, 3.05) is 18.2 Å². The minimum atomic E-state index is -0.438. The van der Waals surface area contributed by atoms with Crippen LogP contribution < -0.4 is 15.4 Å². The molecule has 0 spiro atoms. The van der Waals surface area contributed by atoms with E-state index < -0.39 is 5.92 Å². The number of methoxy groups -OCH3 is 1. The summed E-state index contributed by atoms with van der Waals surface area (Å²) in [5, 5.41) is 16.2. The Morgan fingerprint density at radius 2 is 2.00 bits per heavy atom. The average molecular weight is 456 g/mol. The van der Waals surface area contributed by atoms with Crippen LogP contribution in [0.4, 0.5) is 5.69 Å². The fourth-order valence-electron chi connectivity index (χ4n) is 3.50. The minimum Gasteiger partial charge on any atom is -0.495 e. The van der Waals surface area contributed by atoms with Gasteiger partial charge in [-0.3, -0.25) is 9.59 Å². The van der Waals surface area contributed by atoms with Gasteiger partial charge in [-0.05, 0) is 54.8 Å². The molecule has 0 saturated heterocycles. The molecule has 0 bridgehead atoms. The molecule has 1 aliphatic rings. The minimum absolute atomic E-state index is 0.0594. The number of nitrogens with one attached hydrogen (secondary N) is 2. The van der Waals surface area contributed by atoms with Crippen LogP contribution >= 0.6 is 23.4 Å². The van der Waals surface area contributed by atoms with Crippen LogP contribution in [-0.4, -0.2) is 24.7 Å².